The smallest absolute Gasteiger partial charge is 0.112 e. The van der Waals surface area contributed by atoms with Gasteiger partial charge in [-0.1, -0.05) is 122 Å². The highest BCUT2D eigenvalue weighted by atomic mass is 35.7. The van der Waals surface area contributed by atoms with E-state index in [9.17, 15) is 0 Å². The van der Waals surface area contributed by atoms with Gasteiger partial charge in [-0.2, -0.15) is 0 Å². The fourth-order valence-corrected chi connectivity index (χ4v) is 16.0. The molecule has 0 saturated carbocycles. The van der Waals surface area contributed by atoms with Crippen LogP contribution in [0.5, 0.6) is 0 Å². The summed E-state index contributed by atoms with van der Waals surface area (Å²) < 4.78 is 67.9. The summed E-state index contributed by atoms with van der Waals surface area (Å²) in [4.78, 5) is 0. The van der Waals surface area contributed by atoms with Crippen LogP contribution < -0.4 is 69.1 Å². The Balaban J connectivity index is 0.000000620. The van der Waals surface area contributed by atoms with Crippen molar-refractivity contribution in [3.05, 3.63) is 182 Å². The van der Waals surface area contributed by atoms with Crippen LogP contribution in [-0.4, -0.2) is 12.3 Å². The maximum Gasteiger partial charge on any atom is 0.112 e. The van der Waals surface area contributed by atoms with E-state index in [-0.39, 0.29) is 0 Å². The van der Waals surface area contributed by atoms with Gasteiger partial charge in [0, 0.05) is 0 Å². The van der Waals surface area contributed by atoms with Crippen LogP contribution in [0.25, 0.3) is 0 Å². The van der Waals surface area contributed by atoms with Gasteiger partial charge in [-0.05, 0) is 98.5 Å². The molecule has 8 nitrogen and oxygen atoms in total. The zero-order chi connectivity index (χ0) is 40.3. The minimum absolute atomic E-state index is 1.22. The lowest BCUT2D eigenvalue weighted by Crippen LogP contribution is -2.68. The normalized spacial score (nSPS) is 11.8. The van der Waals surface area contributed by atoms with E-state index in [1.54, 1.807) is 0 Å². The second-order valence-corrected chi connectivity index (χ2v) is 21.7. The first-order valence-electron chi connectivity index (χ1n) is 18.2. The molecule has 6 aromatic carbocycles. The predicted molar refractivity (Wildman–Crippen MR) is 208 cm³/mol. The average Bonchev–Trinajstić information content (AvgIpc) is 3.20. The van der Waals surface area contributed by atoms with Crippen LogP contribution in [0.4, 0.5) is 0 Å². The van der Waals surface area contributed by atoms with E-state index in [1.165, 1.54) is 82.7 Å². The van der Waals surface area contributed by atoms with E-state index in [4.69, 9.17) is 37.3 Å². The molecule has 0 saturated heterocycles. The maximum atomic E-state index is 8.49. The SMILES string of the molecule is [O-][Cl+3]([O-])([O-])[O-].[O-][Cl+3]([O-])([O-])[O-].c1ccc([P+](CCCCCCCC[P+](c2ccccc2)(c2ccccc2)c2ccccc2)(c2ccccc2)c2ccccc2)cc1. The molecule has 0 aliphatic heterocycles. The van der Waals surface area contributed by atoms with Gasteiger partial charge in [-0.3, -0.25) is 0 Å². The van der Waals surface area contributed by atoms with Gasteiger partial charge >= 0.3 is 0 Å². The number of halogens is 2. The molecule has 12 heteroatoms. The molecule has 294 valence electrons. The van der Waals surface area contributed by atoms with Crippen molar-refractivity contribution in [2.24, 2.45) is 0 Å². The van der Waals surface area contributed by atoms with E-state index in [1.807, 2.05) is 0 Å². The fraction of sp³-hybridized carbons (Fsp3) is 0.182. The molecule has 0 bridgehead atoms. The molecule has 0 N–H and O–H groups in total. The van der Waals surface area contributed by atoms with E-state index in [0.717, 1.165) is 0 Å². The summed E-state index contributed by atoms with van der Waals surface area (Å²) in [6, 6.07) is 68.0. The van der Waals surface area contributed by atoms with Crippen LogP contribution in [0.1, 0.15) is 38.5 Å². The van der Waals surface area contributed by atoms with E-state index < -0.39 is 35.0 Å². The standard InChI is InChI=1S/C44H46P2.2ClHO4/c1(3-23-37-45(39-25-11-5-12-26-39,40-27-13-6-14-28-40)41-29-15-7-16-30-41)2-4-24-38-46(42-31-17-8-18-32-42,43-33-19-9-20-34-43)44-35-21-10-22-36-44;2*2-1(3,4)5/h5-22,25-36H,1-4,23-24,37-38H2;2*(H,2,3,4,5)/q+2;;/p-2. The molecule has 0 atom stereocenters. The fourth-order valence-electron chi connectivity index (χ4n) is 7.17. The second kappa shape index (κ2) is 22.4. The average molecular weight is 836 g/mol. The van der Waals surface area contributed by atoms with Crippen molar-refractivity contribution in [1.29, 1.82) is 0 Å². The number of unbranched alkanes of at least 4 members (excludes halogenated alkanes) is 5. The highest BCUT2D eigenvalue weighted by Crippen LogP contribution is 2.57. The lowest BCUT2D eigenvalue weighted by Gasteiger charge is -2.28. The minimum Gasteiger partial charge on any atom is -0.222 e. The van der Waals surface area contributed by atoms with Gasteiger partial charge in [0.1, 0.15) is 46.4 Å². The van der Waals surface area contributed by atoms with Crippen LogP contribution >= 0.6 is 14.5 Å². The molecular weight excluding hydrogens is 789 g/mol. The molecule has 0 amide bonds. The minimum atomic E-state index is -4.94. The highest BCUT2D eigenvalue weighted by molar-refractivity contribution is 7.96. The van der Waals surface area contributed by atoms with E-state index >= 15 is 0 Å². The summed E-state index contributed by atoms with van der Waals surface area (Å²) in [6.45, 7) is 0. The first-order chi connectivity index (χ1) is 26.8. The molecule has 6 aromatic rings. The van der Waals surface area contributed by atoms with Crippen molar-refractivity contribution in [3.8, 4) is 0 Å². The zero-order valence-corrected chi connectivity index (χ0v) is 34.2. The number of rotatable bonds is 15. The Morgan fingerprint density at radius 3 is 0.554 bits per heavy atom. The first kappa shape index (κ1) is 45.1. The molecular formula is C44H46Cl2O8P2. The summed E-state index contributed by atoms with van der Waals surface area (Å²) in [5.74, 6) is 0. The van der Waals surface area contributed by atoms with Crippen LogP contribution in [0.15, 0.2) is 182 Å². The van der Waals surface area contributed by atoms with Crippen molar-refractivity contribution < 1.29 is 57.8 Å². The van der Waals surface area contributed by atoms with Crippen molar-refractivity contribution in [1.82, 2.24) is 0 Å². The topological polar surface area (TPSA) is 184 Å². The van der Waals surface area contributed by atoms with Crippen molar-refractivity contribution in [3.63, 3.8) is 0 Å². The van der Waals surface area contributed by atoms with E-state index in [0.29, 0.717) is 0 Å². The zero-order valence-electron chi connectivity index (χ0n) is 30.9. The van der Waals surface area contributed by atoms with E-state index in [2.05, 4.69) is 182 Å². The predicted octanol–water partition coefficient (Wildman–Crippen LogP) is -0.197. The summed E-state index contributed by atoms with van der Waals surface area (Å²) >= 11 is 0. The highest BCUT2D eigenvalue weighted by Gasteiger charge is 2.45. The molecule has 6 rings (SSSR count). The molecule has 0 unspecified atom stereocenters. The molecule has 56 heavy (non-hydrogen) atoms. The van der Waals surface area contributed by atoms with Crippen molar-refractivity contribution >= 4 is 46.4 Å². The molecule has 0 heterocycles. The Morgan fingerprint density at radius 1 is 0.250 bits per heavy atom. The number of hydrogen-bond acceptors (Lipinski definition) is 8. The monoisotopic (exact) mass is 834 g/mol. The van der Waals surface area contributed by atoms with Gasteiger partial charge in [-0.15, -0.1) is 20.5 Å². The number of benzene rings is 6. The summed E-state index contributed by atoms with van der Waals surface area (Å²) in [5.41, 5.74) is 0. The van der Waals surface area contributed by atoms with Gasteiger partial charge in [0.25, 0.3) is 0 Å². The lowest BCUT2D eigenvalue weighted by molar-refractivity contribution is -2.00. The summed E-state index contributed by atoms with van der Waals surface area (Å²) in [5, 5.41) is 8.97. The Bertz CT molecular complexity index is 1590. The summed E-state index contributed by atoms with van der Waals surface area (Å²) in [6.07, 6.45) is 10.1. The maximum absolute atomic E-state index is 8.49. The van der Waals surface area contributed by atoms with Gasteiger partial charge in [0.15, 0.2) is 0 Å². The van der Waals surface area contributed by atoms with Crippen LogP contribution in [0, 0.1) is 20.5 Å². The van der Waals surface area contributed by atoms with Crippen LogP contribution in [-0.2, 0) is 0 Å². The van der Waals surface area contributed by atoms with Crippen molar-refractivity contribution in [2.45, 2.75) is 38.5 Å². The Labute approximate surface area is 335 Å². The van der Waals surface area contributed by atoms with Gasteiger partial charge in [-0.25, -0.2) is 37.3 Å². The third-order valence-corrected chi connectivity index (χ3v) is 18.5. The Hall–Kier alpha value is -3.56. The number of hydrogen-bond donors (Lipinski definition) is 0. The largest absolute Gasteiger partial charge is 0.222 e. The Kier molecular flexibility index (Phi) is 18.1. The third-order valence-electron chi connectivity index (χ3n) is 9.42. The summed E-state index contributed by atoms with van der Waals surface area (Å²) in [7, 11) is -13.4. The third kappa shape index (κ3) is 14.1. The lowest BCUT2D eigenvalue weighted by atomic mass is 10.1. The Morgan fingerprint density at radius 2 is 0.393 bits per heavy atom. The second-order valence-electron chi connectivity index (χ2n) is 13.0. The molecule has 0 fully saturated rings. The van der Waals surface area contributed by atoms with Gasteiger partial charge < -0.3 is 0 Å². The molecule has 0 aliphatic rings. The molecule has 0 spiro atoms. The molecule has 0 aliphatic carbocycles. The van der Waals surface area contributed by atoms with Crippen LogP contribution in [0.3, 0.4) is 0 Å². The molecule has 0 aromatic heterocycles. The van der Waals surface area contributed by atoms with Gasteiger partial charge in [0.05, 0.1) is 12.3 Å². The van der Waals surface area contributed by atoms with Crippen molar-refractivity contribution in [2.75, 3.05) is 12.3 Å². The molecule has 0 radical (unpaired) electrons. The van der Waals surface area contributed by atoms with Crippen LogP contribution in [0.2, 0.25) is 0 Å². The quantitative estimate of drug-likeness (QED) is 0.101. The van der Waals surface area contributed by atoms with Gasteiger partial charge in [0.2, 0.25) is 0 Å². The first-order valence-corrected chi connectivity index (χ1v) is 24.6.